The number of aromatic nitrogens is 1. The quantitative estimate of drug-likeness (QED) is 0.722. The molecule has 0 saturated heterocycles. The summed E-state index contributed by atoms with van der Waals surface area (Å²) in [5, 5.41) is 0. The second-order valence-electron chi connectivity index (χ2n) is 4.49. The van der Waals surface area contributed by atoms with Crippen molar-refractivity contribution in [2.45, 2.75) is 26.1 Å². The summed E-state index contributed by atoms with van der Waals surface area (Å²) in [5.41, 5.74) is 1.87. The molecule has 0 bridgehead atoms. The van der Waals surface area contributed by atoms with E-state index in [0.29, 0.717) is 24.1 Å². The van der Waals surface area contributed by atoms with Gasteiger partial charge in [0.2, 0.25) is 5.88 Å². The van der Waals surface area contributed by atoms with Gasteiger partial charge in [0.1, 0.15) is 0 Å². The SMILES string of the molecule is CCCOc1ccccc1Oc1cc(CCl)cc(C)n1. The van der Waals surface area contributed by atoms with E-state index in [9.17, 15) is 0 Å². The van der Waals surface area contributed by atoms with Gasteiger partial charge in [0.15, 0.2) is 11.5 Å². The third-order valence-corrected chi connectivity index (χ3v) is 2.98. The van der Waals surface area contributed by atoms with E-state index in [0.717, 1.165) is 23.4 Å². The minimum Gasteiger partial charge on any atom is -0.490 e. The lowest BCUT2D eigenvalue weighted by molar-refractivity contribution is 0.300. The normalized spacial score (nSPS) is 10.3. The lowest BCUT2D eigenvalue weighted by Gasteiger charge is -2.12. The molecule has 0 aliphatic heterocycles. The van der Waals surface area contributed by atoms with Crippen LogP contribution in [0.15, 0.2) is 36.4 Å². The van der Waals surface area contributed by atoms with Crippen LogP contribution in [0.3, 0.4) is 0 Å². The highest BCUT2D eigenvalue weighted by Crippen LogP contribution is 2.31. The molecule has 0 fully saturated rings. The Balaban J connectivity index is 2.23. The van der Waals surface area contributed by atoms with E-state index in [-0.39, 0.29) is 0 Å². The van der Waals surface area contributed by atoms with Gasteiger partial charge in [-0.2, -0.15) is 0 Å². The average molecular weight is 292 g/mol. The van der Waals surface area contributed by atoms with E-state index < -0.39 is 0 Å². The third kappa shape index (κ3) is 3.87. The zero-order valence-corrected chi connectivity index (χ0v) is 12.5. The summed E-state index contributed by atoms with van der Waals surface area (Å²) >= 11 is 5.87. The van der Waals surface area contributed by atoms with E-state index in [2.05, 4.69) is 11.9 Å². The van der Waals surface area contributed by atoms with Crippen LogP contribution in [0.2, 0.25) is 0 Å². The zero-order valence-electron chi connectivity index (χ0n) is 11.7. The molecule has 2 aromatic rings. The molecular weight excluding hydrogens is 274 g/mol. The van der Waals surface area contributed by atoms with Crippen molar-refractivity contribution in [1.82, 2.24) is 4.98 Å². The number of aryl methyl sites for hydroxylation is 1. The summed E-state index contributed by atoms with van der Waals surface area (Å²) in [4.78, 5) is 4.36. The lowest BCUT2D eigenvalue weighted by atomic mass is 10.2. The molecule has 0 unspecified atom stereocenters. The Morgan fingerprint density at radius 1 is 1.15 bits per heavy atom. The summed E-state index contributed by atoms with van der Waals surface area (Å²) in [5.74, 6) is 2.37. The topological polar surface area (TPSA) is 31.4 Å². The Morgan fingerprint density at radius 3 is 2.60 bits per heavy atom. The maximum atomic E-state index is 5.87. The summed E-state index contributed by atoms with van der Waals surface area (Å²) in [7, 11) is 0. The highest BCUT2D eigenvalue weighted by molar-refractivity contribution is 6.17. The van der Waals surface area contributed by atoms with Crippen molar-refractivity contribution in [2.24, 2.45) is 0 Å². The first kappa shape index (κ1) is 14.7. The van der Waals surface area contributed by atoms with Gasteiger partial charge in [-0.05, 0) is 37.1 Å². The van der Waals surface area contributed by atoms with Crippen LogP contribution in [0.1, 0.15) is 24.6 Å². The van der Waals surface area contributed by atoms with Gasteiger partial charge in [-0.15, -0.1) is 11.6 Å². The molecule has 0 atom stereocenters. The van der Waals surface area contributed by atoms with Crippen molar-refractivity contribution >= 4 is 11.6 Å². The largest absolute Gasteiger partial charge is 0.490 e. The highest BCUT2D eigenvalue weighted by Gasteiger charge is 2.07. The number of benzene rings is 1. The van der Waals surface area contributed by atoms with Gasteiger partial charge in [-0.1, -0.05) is 19.1 Å². The molecule has 0 amide bonds. The third-order valence-electron chi connectivity index (χ3n) is 2.67. The minimum atomic E-state index is 0.438. The summed E-state index contributed by atoms with van der Waals surface area (Å²) in [6.07, 6.45) is 0.952. The van der Waals surface area contributed by atoms with Gasteiger partial charge in [-0.3, -0.25) is 0 Å². The van der Waals surface area contributed by atoms with Gasteiger partial charge < -0.3 is 9.47 Å². The van der Waals surface area contributed by atoms with Gasteiger partial charge in [-0.25, -0.2) is 4.98 Å². The molecule has 0 N–H and O–H groups in total. The molecule has 0 spiro atoms. The molecule has 0 radical (unpaired) electrons. The molecule has 20 heavy (non-hydrogen) atoms. The number of hydrogen-bond acceptors (Lipinski definition) is 3. The van der Waals surface area contributed by atoms with Crippen molar-refractivity contribution in [1.29, 1.82) is 0 Å². The van der Waals surface area contributed by atoms with Crippen LogP contribution < -0.4 is 9.47 Å². The van der Waals surface area contributed by atoms with Gasteiger partial charge in [0, 0.05) is 17.6 Å². The molecule has 0 saturated carbocycles. The van der Waals surface area contributed by atoms with Crippen LogP contribution in [-0.4, -0.2) is 11.6 Å². The fraction of sp³-hybridized carbons (Fsp3) is 0.312. The molecule has 0 aliphatic carbocycles. The number of ether oxygens (including phenoxy) is 2. The van der Waals surface area contributed by atoms with Crippen LogP contribution in [0.25, 0.3) is 0 Å². The Morgan fingerprint density at radius 2 is 1.90 bits per heavy atom. The minimum absolute atomic E-state index is 0.438. The highest BCUT2D eigenvalue weighted by atomic mass is 35.5. The van der Waals surface area contributed by atoms with Gasteiger partial charge >= 0.3 is 0 Å². The first-order chi connectivity index (χ1) is 9.72. The first-order valence-electron chi connectivity index (χ1n) is 6.66. The Kier molecular flexibility index (Phi) is 5.24. The van der Waals surface area contributed by atoms with E-state index in [1.165, 1.54) is 0 Å². The van der Waals surface area contributed by atoms with Crippen LogP contribution >= 0.6 is 11.6 Å². The molecule has 3 nitrogen and oxygen atoms in total. The van der Waals surface area contributed by atoms with Crippen LogP contribution in [0, 0.1) is 6.92 Å². The molecule has 2 rings (SSSR count). The molecule has 106 valence electrons. The zero-order chi connectivity index (χ0) is 14.4. The second kappa shape index (κ2) is 7.15. The fourth-order valence-corrected chi connectivity index (χ4v) is 1.97. The van der Waals surface area contributed by atoms with Gasteiger partial charge in [0.05, 0.1) is 6.61 Å². The van der Waals surface area contributed by atoms with E-state index in [1.54, 1.807) is 0 Å². The fourth-order valence-electron chi connectivity index (χ4n) is 1.81. The summed E-state index contributed by atoms with van der Waals surface area (Å²) in [6.45, 7) is 4.65. The first-order valence-corrected chi connectivity index (χ1v) is 7.19. The molecular formula is C16H18ClNO2. The number of alkyl halides is 1. The Bertz CT molecular complexity index is 572. The monoisotopic (exact) mass is 291 g/mol. The van der Waals surface area contributed by atoms with E-state index in [4.69, 9.17) is 21.1 Å². The summed E-state index contributed by atoms with van der Waals surface area (Å²) < 4.78 is 11.5. The lowest BCUT2D eigenvalue weighted by Crippen LogP contribution is -1.98. The molecule has 4 heteroatoms. The number of hydrogen-bond donors (Lipinski definition) is 0. The van der Waals surface area contributed by atoms with Crippen molar-refractivity contribution in [3.8, 4) is 17.4 Å². The Hall–Kier alpha value is -1.74. The smallest absolute Gasteiger partial charge is 0.219 e. The Labute approximate surface area is 124 Å². The maximum absolute atomic E-state index is 5.87. The van der Waals surface area contributed by atoms with Gasteiger partial charge in [0.25, 0.3) is 0 Å². The van der Waals surface area contributed by atoms with Crippen LogP contribution in [0.5, 0.6) is 17.4 Å². The predicted molar refractivity (Wildman–Crippen MR) is 80.8 cm³/mol. The van der Waals surface area contributed by atoms with Crippen LogP contribution in [0.4, 0.5) is 0 Å². The second-order valence-corrected chi connectivity index (χ2v) is 4.75. The predicted octanol–water partition coefficient (Wildman–Crippen LogP) is 4.71. The van der Waals surface area contributed by atoms with Crippen molar-refractivity contribution in [3.63, 3.8) is 0 Å². The molecule has 1 heterocycles. The number of rotatable bonds is 6. The van der Waals surface area contributed by atoms with Crippen molar-refractivity contribution < 1.29 is 9.47 Å². The molecule has 0 aliphatic rings. The van der Waals surface area contributed by atoms with Crippen LogP contribution in [-0.2, 0) is 5.88 Å². The van der Waals surface area contributed by atoms with E-state index >= 15 is 0 Å². The maximum Gasteiger partial charge on any atom is 0.219 e. The number of nitrogens with zero attached hydrogens (tertiary/aromatic N) is 1. The van der Waals surface area contributed by atoms with Crippen molar-refractivity contribution in [2.75, 3.05) is 6.61 Å². The standard InChI is InChI=1S/C16H18ClNO2/c1-3-8-19-14-6-4-5-7-15(14)20-16-10-13(11-17)9-12(2)18-16/h4-7,9-10H,3,8,11H2,1-2H3. The summed E-state index contributed by atoms with van der Waals surface area (Å²) in [6, 6.07) is 11.4. The van der Waals surface area contributed by atoms with Crippen molar-refractivity contribution in [3.05, 3.63) is 47.7 Å². The number of halogens is 1. The van der Waals surface area contributed by atoms with E-state index in [1.807, 2.05) is 43.3 Å². The molecule has 1 aromatic heterocycles. The number of pyridine rings is 1. The average Bonchev–Trinajstić information content (AvgIpc) is 2.45. The number of para-hydroxylation sites is 2. The molecule has 1 aromatic carbocycles.